The lowest BCUT2D eigenvalue weighted by Crippen LogP contribution is -2.23. The highest BCUT2D eigenvalue weighted by atomic mass is 16.1. The Morgan fingerprint density at radius 2 is 1.56 bits per heavy atom. The molecular formula is C19H19N5O. The fraction of sp³-hybridized carbons (Fsp3) is 0.316. The van der Waals surface area contributed by atoms with Gasteiger partial charge in [0.05, 0.1) is 0 Å². The first-order valence-electron chi connectivity index (χ1n) is 8.37. The van der Waals surface area contributed by atoms with E-state index in [0.29, 0.717) is 11.1 Å². The Kier molecular flexibility index (Phi) is 4.72. The van der Waals surface area contributed by atoms with Gasteiger partial charge in [0.2, 0.25) is 0 Å². The molecule has 3 N–H and O–H groups in total. The third kappa shape index (κ3) is 3.20. The van der Waals surface area contributed by atoms with E-state index in [0.717, 1.165) is 18.8 Å². The lowest BCUT2D eigenvalue weighted by Gasteiger charge is -2.23. The van der Waals surface area contributed by atoms with E-state index in [1.807, 2.05) is 36.4 Å². The monoisotopic (exact) mass is 333 g/mol. The van der Waals surface area contributed by atoms with Crippen LogP contribution in [0.4, 0.5) is 11.5 Å². The van der Waals surface area contributed by atoms with Crippen molar-refractivity contribution in [1.82, 2.24) is 4.98 Å². The highest BCUT2D eigenvalue weighted by molar-refractivity contribution is 5.80. The van der Waals surface area contributed by atoms with Crippen LogP contribution in [-0.2, 0) is 0 Å². The second kappa shape index (κ2) is 7.11. The van der Waals surface area contributed by atoms with Gasteiger partial charge < -0.3 is 15.6 Å². The second-order valence-corrected chi connectivity index (χ2v) is 6.16. The van der Waals surface area contributed by atoms with E-state index in [1.54, 1.807) is 0 Å². The summed E-state index contributed by atoms with van der Waals surface area (Å²) in [5.74, 6) is -0.0157. The Morgan fingerprint density at radius 3 is 2.12 bits per heavy atom. The highest BCUT2D eigenvalue weighted by Crippen LogP contribution is 2.30. The maximum Gasteiger partial charge on any atom is 0.268 e. The molecule has 0 radical (unpaired) electrons. The van der Waals surface area contributed by atoms with Gasteiger partial charge in [-0.15, -0.1) is 0 Å². The number of nitriles is 2. The summed E-state index contributed by atoms with van der Waals surface area (Å²) in [7, 11) is 0. The Balaban J connectivity index is 2.05. The number of hydrogen-bond donors (Lipinski definition) is 2. The summed E-state index contributed by atoms with van der Waals surface area (Å²) in [6, 6.07) is 11.5. The zero-order valence-electron chi connectivity index (χ0n) is 13.9. The number of aromatic nitrogens is 1. The van der Waals surface area contributed by atoms with Crippen LogP contribution in [-0.4, -0.2) is 18.1 Å². The molecule has 1 aliphatic rings. The SMILES string of the molecule is N#Cc1c(N)[nH]c(=O)c(C#N)c1-c1ccc(N2CCCCCC2)cc1. The Labute approximate surface area is 146 Å². The summed E-state index contributed by atoms with van der Waals surface area (Å²) in [6.07, 6.45) is 4.89. The minimum atomic E-state index is -0.578. The Morgan fingerprint density at radius 1 is 0.960 bits per heavy atom. The van der Waals surface area contributed by atoms with Crippen molar-refractivity contribution in [2.24, 2.45) is 0 Å². The van der Waals surface area contributed by atoms with Gasteiger partial charge in [-0.1, -0.05) is 25.0 Å². The van der Waals surface area contributed by atoms with Gasteiger partial charge in [0.1, 0.15) is 29.1 Å². The van der Waals surface area contributed by atoms with Crippen molar-refractivity contribution in [2.45, 2.75) is 25.7 Å². The van der Waals surface area contributed by atoms with Gasteiger partial charge in [-0.3, -0.25) is 4.79 Å². The molecule has 25 heavy (non-hydrogen) atoms. The number of rotatable bonds is 2. The van der Waals surface area contributed by atoms with Gasteiger partial charge in [0.25, 0.3) is 5.56 Å². The van der Waals surface area contributed by atoms with Gasteiger partial charge in [-0.05, 0) is 30.5 Å². The van der Waals surface area contributed by atoms with Crippen molar-refractivity contribution < 1.29 is 0 Å². The molecule has 126 valence electrons. The summed E-state index contributed by atoms with van der Waals surface area (Å²) >= 11 is 0. The first-order chi connectivity index (χ1) is 12.2. The maximum absolute atomic E-state index is 12.0. The molecule has 1 saturated heterocycles. The lowest BCUT2D eigenvalue weighted by molar-refractivity contribution is 0.726. The number of benzene rings is 1. The number of aromatic amines is 1. The second-order valence-electron chi connectivity index (χ2n) is 6.16. The molecule has 0 spiro atoms. The molecule has 6 nitrogen and oxygen atoms in total. The van der Waals surface area contributed by atoms with Crippen LogP contribution < -0.4 is 16.2 Å². The van der Waals surface area contributed by atoms with Crippen molar-refractivity contribution in [3.63, 3.8) is 0 Å². The van der Waals surface area contributed by atoms with Crippen LogP contribution in [0.3, 0.4) is 0 Å². The molecule has 0 aliphatic carbocycles. The molecule has 0 unspecified atom stereocenters. The predicted octanol–water partition coefficient (Wildman–Crippen LogP) is 2.75. The largest absolute Gasteiger partial charge is 0.384 e. The van der Waals surface area contributed by atoms with E-state index in [9.17, 15) is 15.3 Å². The number of hydrogen-bond acceptors (Lipinski definition) is 5. The molecule has 0 amide bonds. The Bertz CT molecular complexity index is 907. The zero-order valence-corrected chi connectivity index (χ0v) is 13.9. The molecule has 2 aromatic rings. The summed E-state index contributed by atoms with van der Waals surface area (Å²) in [4.78, 5) is 16.7. The van der Waals surface area contributed by atoms with Crippen molar-refractivity contribution in [3.05, 3.63) is 45.7 Å². The Hall–Kier alpha value is -3.25. The van der Waals surface area contributed by atoms with Crippen molar-refractivity contribution in [3.8, 4) is 23.3 Å². The maximum atomic E-state index is 12.0. The van der Waals surface area contributed by atoms with E-state index < -0.39 is 5.56 Å². The summed E-state index contributed by atoms with van der Waals surface area (Å²) < 4.78 is 0. The molecule has 3 rings (SSSR count). The molecule has 2 heterocycles. The van der Waals surface area contributed by atoms with E-state index in [1.165, 1.54) is 25.7 Å². The summed E-state index contributed by atoms with van der Waals surface area (Å²) in [6.45, 7) is 2.06. The third-order valence-electron chi connectivity index (χ3n) is 4.60. The number of nitrogens with zero attached hydrogens (tertiary/aromatic N) is 3. The van der Waals surface area contributed by atoms with Crippen LogP contribution in [0, 0.1) is 22.7 Å². The first-order valence-corrected chi connectivity index (χ1v) is 8.37. The predicted molar refractivity (Wildman–Crippen MR) is 97.0 cm³/mol. The van der Waals surface area contributed by atoms with Crippen LogP contribution in [0.2, 0.25) is 0 Å². The molecule has 1 fully saturated rings. The van der Waals surface area contributed by atoms with E-state index in [4.69, 9.17) is 5.73 Å². The van der Waals surface area contributed by atoms with Crippen molar-refractivity contribution >= 4 is 11.5 Å². The average molecular weight is 333 g/mol. The molecule has 0 bridgehead atoms. The normalized spacial score (nSPS) is 14.4. The minimum absolute atomic E-state index is 0.0157. The van der Waals surface area contributed by atoms with Crippen LogP contribution in [0.1, 0.15) is 36.8 Å². The quantitative estimate of drug-likeness (QED) is 0.878. The first kappa shape index (κ1) is 16.6. The van der Waals surface area contributed by atoms with Crippen LogP contribution in [0.15, 0.2) is 29.1 Å². The zero-order chi connectivity index (χ0) is 17.8. The number of pyridine rings is 1. The number of H-pyrrole nitrogens is 1. The van der Waals surface area contributed by atoms with Crippen molar-refractivity contribution in [1.29, 1.82) is 10.5 Å². The van der Waals surface area contributed by atoms with Crippen LogP contribution in [0.25, 0.3) is 11.1 Å². The minimum Gasteiger partial charge on any atom is -0.384 e. The molecule has 1 aromatic carbocycles. The molecule has 0 saturated carbocycles. The van der Waals surface area contributed by atoms with Crippen molar-refractivity contribution in [2.75, 3.05) is 23.7 Å². The van der Waals surface area contributed by atoms with Gasteiger partial charge in [0.15, 0.2) is 0 Å². The smallest absolute Gasteiger partial charge is 0.268 e. The lowest BCUT2D eigenvalue weighted by atomic mass is 9.96. The van der Waals surface area contributed by atoms with Gasteiger partial charge in [0, 0.05) is 24.3 Å². The highest BCUT2D eigenvalue weighted by Gasteiger charge is 2.18. The molecule has 6 heteroatoms. The topological polar surface area (TPSA) is 110 Å². The van der Waals surface area contributed by atoms with E-state index >= 15 is 0 Å². The van der Waals surface area contributed by atoms with E-state index in [2.05, 4.69) is 9.88 Å². The molecule has 0 atom stereocenters. The van der Waals surface area contributed by atoms with E-state index in [-0.39, 0.29) is 16.9 Å². The number of anilines is 2. The third-order valence-corrected chi connectivity index (χ3v) is 4.60. The summed E-state index contributed by atoms with van der Waals surface area (Å²) in [5, 5.41) is 18.7. The van der Waals surface area contributed by atoms with Gasteiger partial charge in [-0.25, -0.2) is 0 Å². The fourth-order valence-electron chi connectivity index (χ4n) is 3.30. The molecular weight excluding hydrogens is 314 g/mol. The molecule has 1 aliphatic heterocycles. The van der Waals surface area contributed by atoms with Gasteiger partial charge in [-0.2, -0.15) is 10.5 Å². The van der Waals surface area contributed by atoms with Crippen LogP contribution in [0.5, 0.6) is 0 Å². The number of nitrogens with two attached hydrogens (primary N) is 1. The number of nitrogen functional groups attached to an aromatic ring is 1. The molecule has 1 aromatic heterocycles. The average Bonchev–Trinajstić information content (AvgIpc) is 2.91. The number of nitrogens with one attached hydrogen (secondary N) is 1. The standard InChI is InChI=1S/C19H19N5O/c20-11-15-17(16(12-21)19(25)23-18(15)22)13-5-7-14(8-6-13)24-9-3-1-2-4-10-24/h5-8H,1-4,9-10H2,(H3,22,23,25). The fourth-order valence-corrected chi connectivity index (χ4v) is 3.30. The van der Waals surface area contributed by atoms with Gasteiger partial charge >= 0.3 is 0 Å². The summed E-state index contributed by atoms with van der Waals surface area (Å²) in [5.41, 5.74) is 7.27. The van der Waals surface area contributed by atoms with Crippen LogP contribution >= 0.6 is 0 Å².